The van der Waals surface area contributed by atoms with Crippen LogP contribution in [-0.4, -0.2) is 19.1 Å². The van der Waals surface area contributed by atoms with Crippen molar-refractivity contribution in [3.8, 4) is 0 Å². The Balaban J connectivity index is 1.40. The Morgan fingerprint density at radius 1 is 0.957 bits per heavy atom. The molecule has 2 atom stereocenters. The molecule has 0 aromatic heterocycles. The maximum absolute atomic E-state index is 3.64. The molecule has 0 amide bonds. The van der Waals surface area contributed by atoms with Crippen molar-refractivity contribution in [1.82, 2.24) is 5.32 Å². The molecule has 1 saturated heterocycles. The number of para-hydroxylation sites is 1. The second-order valence-corrected chi connectivity index (χ2v) is 6.87. The molecule has 0 bridgehead atoms. The quantitative estimate of drug-likeness (QED) is 0.828. The third-order valence-electron chi connectivity index (χ3n) is 5.46. The number of nitrogens with zero attached hydrogens (tertiary/aromatic N) is 1. The fraction of sp³-hybridized carbons (Fsp3) is 0.429. The largest absolute Gasteiger partial charge is 0.368 e. The second-order valence-electron chi connectivity index (χ2n) is 6.87. The number of piperidine rings is 1. The first-order chi connectivity index (χ1) is 11.4. The van der Waals surface area contributed by atoms with Crippen LogP contribution in [0.3, 0.4) is 0 Å². The average Bonchev–Trinajstić information content (AvgIpc) is 2.94. The maximum Gasteiger partial charge on any atom is 0.0405 e. The van der Waals surface area contributed by atoms with E-state index >= 15 is 0 Å². The van der Waals surface area contributed by atoms with E-state index in [9.17, 15) is 0 Å². The number of fused-ring (bicyclic) bond motifs is 3. The van der Waals surface area contributed by atoms with Gasteiger partial charge in [0.2, 0.25) is 0 Å². The number of nitrogens with one attached hydrogen (secondary N) is 1. The van der Waals surface area contributed by atoms with Gasteiger partial charge in [0, 0.05) is 30.7 Å². The van der Waals surface area contributed by atoms with Gasteiger partial charge in [-0.1, -0.05) is 48.5 Å². The lowest BCUT2D eigenvalue weighted by Gasteiger charge is -2.34. The fourth-order valence-corrected chi connectivity index (χ4v) is 4.38. The topological polar surface area (TPSA) is 15.3 Å². The van der Waals surface area contributed by atoms with E-state index in [0.717, 1.165) is 19.1 Å². The zero-order valence-electron chi connectivity index (χ0n) is 13.7. The minimum Gasteiger partial charge on any atom is -0.368 e. The molecule has 0 saturated carbocycles. The molecular weight excluding hydrogens is 280 g/mol. The summed E-state index contributed by atoms with van der Waals surface area (Å²) in [6, 6.07) is 20.5. The molecule has 2 unspecified atom stereocenters. The van der Waals surface area contributed by atoms with Crippen LogP contribution in [0.25, 0.3) is 0 Å². The summed E-state index contributed by atoms with van der Waals surface area (Å²) in [4.78, 5) is 2.68. The molecule has 0 radical (unpaired) electrons. The SMILES string of the molecule is c1ccc(CNCCC2c3ccccc3N3CCCCC23)cc1. The average molecular weight is 306 g/mol. The summed E-state index contributed by atoms with van der Waals surface area (Å²) in [5.41, 5.74) is 4.46. The van der Waals surface area contributed by atoms with E-state index < -0.39 is 0 Å². The maximum atomic E-state index is 3.64. The Bertz CT molecular complexity index is 637. The van der Waals surface area contributed by atoms with Gasteiger partial charge in [0.15, 0.2) is 0 Å². The molecule has 2 aromatic carbocycles. The molecule has 1 fully saturated rings. The standard InChI is InChI=1S/C21H26N2/c1-2-8-17(9-3-1)16-22-14-13-19-18-10-4-5-11-20(18)23-15-7-6-12-21(19)23/h1-5,8-11,19,21-22H,6-7,12-16H2. The lowest BCUT2D eigenvalue weighted by molar-refractivity contribution is 0.406. The van der Waals surface area contributed by atoms with Crippen molar-refractivity contribution in [3.63, 3.8) is 0 Å². The van der Waals surface area contributed by atoms with E-state index in [1.165, 1.54) is 43.5 Å². The molecule has 2 heterocycles. The first-order valence-corrected chi connectivity index (χ1v) is 9.04. The van der Waals surface area contributed by atoms with Crippen LogP contribution in [0.5, 0.6) is 0 Å². The van der Waals surface area contributed by atoms with Gasteiger partial charge >= 0.3 is 0 Å². The Labute approximate surface area is 139 Å². The minimum absolute atomic E-state index is 0.703. The minimum atomic E-state index is 0.703. The zero-order valence-corrected chi connectivity index (χ0v) is 13.7. The second kappa shape index (κ2) is 6.76. The van der Waals surface area contributed by atoms with Gasteiger partial charge in [0.25, 0.3) is 0 Å². The molecule has 0 aliphatic carbocycles. The van der Waals surface area contributed by atoms with Crippen LogP contribution in [0.2, 0.25) is 0 Å². The summed E-state index contributed by atoms with van der Waals surface area (Å²) in [5.74, 6) is 0.703. The Morgan fingerprint density at radius 3 is 2.70 bits per heavy atom. The molecule has 2 aromatic rings. The molecule has 2 nitrogen and oxygen atoms in total. The zero-order chi connectivity index (χ0) is 15.5. The van der Waals surface area contributed by atoms with Crippen molar-refractivity contribution in [2.75, 3.05) is 18.0 Å². The van der Waals surface area contributed by atoms with Crippen LogP contribution in [0.1, 0.15) is 42.7 Å². The highest BCUT2D eigenvalue weighted by atomic mass is 15.2. The van der Waals surface area contributed by atoms with Gasteiger partial charge in [-0.25, -0.2) is 0 Å². The lowest BCUT2D eigenvalue weighted by Crippen LogP contribution is -2.38. The van der Waals surface area contributed by atoms with E-state index in [-0.39, 0.29) is 0 Å². The molecule has 23 heavy (non-hydrogen) atoms. The first kappa shape index (κ1) is 14.8. The molecule has 2 aliphatic rings. The Hall–Kier alpha value is -1.80. The first-order valence-electron chi connectivity index (χ1n) is 9.04. The van der Waals surface area contributed by atoms with Crippen molar-refractivity contribution in [2.24, 2.45) is 0 Å². The summed E-state index contributed by atoms with van der Waals surface area (Å²) in [7, 11) is 0. The highest BCUT2D eigenvalue weighted by molar-refractivity contribution is 5.62. The van der Waals surface area contributed by atoms with Gasteiger partial charge in [0.1, 0.15) is 0 Å². The molecule has 2 aliphatic heterocycles. The van der Waals surface area contributed by atoms with E-state index in [1.807, 2.05) is 0 Å². The van der Waals surface area contributed by atoms with E-state index in [1.54, 1.807) is 5.56 Å². The number of rotatable bonds is 5. The molecular formula is C21H26N2. The molecule has 1 N–H and O–H groups in total. The Morgan fingerprint density at radius 2 is 1.78 bits per heavy atom. The number of hydrogen-bond donors (Lipinski definition) is 1. The fourth-order valence-electron chi connectivity index (χ4n) is 4.38. The third-order valence-corrected chi connectivity index (χ3v) is 5.46. The van der Waals surface area contributed by atoms with Crippen LogP contribution in [0.4, 0.5) is 5.69 Å². The number of anilines is 1. The predicted molar refractivity (Wildman–Crippen MR) is 96.9 cm³/mol. The van der Waals surface area contributed by atoms with Crippen LogP contribution in [0, 0.1) is 0 Å². The summed E-state index contributed by atoms with van der Waals surface area (Å²) in [6.07, 6.45) is 5.34. The summed E-state index contributed by atoms with van der Waals surface area (Å²) in [5, 5.41) is 3.64. The van der Waals surface area contributed by atoms with Gasteiger partial charge in [0.05, 0.1) is 0 Å². The van der Waals surface area contributed by atoms with E-state index in [0.29, 0.717) is 5.92 Å². The van der Waals surface area contributed by atoms with Crippen molar-refractivity contribution in [2.45, 2.75) is 44.2 Å². The summed E-state index contributed by atoms with van der Waals surface area (Å²) < 4.78 is 0. The van der Waals surface area contributed by atoms with Gasteiger partial charge in [-0.3, -0.25) is 0 Å². The van der Waals surface area contributed by atoms with Crippen LogP contribution >= 0.6 is 0 Å². The highest BCUT2D eigenvalue weighted by Crippen LogP contribution is 2.45. The summed E-state index contributed by atoms with van der Waals surface area (Å²) in [6.45, 7) is 3.32. The van der Waals surface area contributed by atoms with E-state index in [2.05, 4.69) is 64.8 Å². The Kier molecular flexibility index (Phi) is 4.34. The highest BCUT2D eigenvalue weighted by Gasteiger charge is 2.38. The third kappa shape index (κ3) is 3.00. The predicted octanol–water partition coefficient (Wildman–Crippen LogP) is 4.32. The van der Waals surface area contributed by atoms with Crippen molar-refractivity contribution >= 4 is 5.69 Å². The van der Waals surface area contributed by atoms with Crippen LogP contribution in [0.15, 0.2) is 54.6 Å². The van der Waals surface area contributed by atoms with Crippen LogP contribution in [-0.2, 0) is 6.54 Å². The normalized spacial score (nSPS) is 22.7. The van der Waals surface area contributed by atoms with Crippen LogP contribution < -0.4 is 10.2 Å². The van der Waals surface area contributed by atoms with Gasteiger partial charge in [-0.05, 0) is 49.4 Å². The molecule has 120 valence electrons. The molecule has 2 heteroatoms. The molecule has 4 rings (SSSR count). The monoisotopic (exact) mass is 306 g/mol. The van der Waals surface area contributed by atoms with Crippen molar-refractivity contribution < 1.29 is 0 Å². The summed E-state index contributed by atoms with van der Waals surface area (Å²) >= 11 is 0. The number of hydrogen-bond acceptors (Lipinski definition) is 2. The van der Waals surface area contributed by atoms with Gasteiger partial charge in [-0.15, -0.1) is 0 Å². The van der Waals surface area contributed by atoms with Crippen molar-refractivity contribution in [1.29, 1.82) is 0 Å². The lowest BCUT2D eigenvalue weighted by atomic mass is 9.87. The van der Waals surface area contributed by atoms with Crippen molar-refractivity contribution in [3.05, 3.63) is 65.7 Å². The number of benzene rings is 2. The molecule has 0 spiro atoms. The van der Waals surface area contributed by atoms with E-state index in [4.69, 9.17) is 0 Å². The smallest absolute Gasteiger partial charge is 0.0405 e. The van der Waals surface area contributed by atoms with Gasteiger partial charge < -0.3 is 10.2 Å². The van der Waals surface area contributed by atoms with Gasteiger partial charge in [-0.2, -0.15) is 0 Å².